The van der Waals surface area contributed by atoms with Crippen molar-refractivity contribution >= 4 is 5.96 Å². The van der Waals surface area contributed by atoms with Crippen molar-refractivity contribution in [3.8, 4) is 5.88 Å². The van der Waals surface area contributed by atoms with Gasteiger partial charge in [-0.1, -0.05) is 43.3 Å². The lowest BCUT2D eigenvalue weighted by atomic mass is 10.2. The van der Waals surface area contributed by atoms with E-state index in [2.05, 4.69) is 39.7 Å². The van der Waals surface area contributed by atoms with E-state index in [4.69, 9.17) is 4.74 Å². The molecule has 0 saturated heterocycles. The fourth-order valence-corrected chi connectivity index (χ4v) is 2.07. The van der Waals surface area contributed by atoms with E-state index in [0.29, 0.717) is 19.0 Å². The molecular formula is C18H24N4O. The maximum Gasteiger partial charge on any atom is 0.218 e. The number of benzene rings is 1. The molecule has 0 aliphatic carbocycles. The van der Waals surface area contributed by atoms with Crippen molar-refractivity contribution in [2.45, 2.75) is 26.4 Å². The van der Waals surface area contributed by atoms with E-state index in [1.54, 1.807) is 13.2 Å². The summed E-state index contributed by atoms with van der Waals surface area (Å²) in [5.41, 5.74) is 2.23. The van der Waals surface area contributed by atoms with E-state index in [1.807, 2.05) is 30.3 Å². The highest BCUT2D eigenvalue weighted by Crippen LogP contribution is 2.14. The molecule has 0 spiro atoms. The Labute approximate surface area is 137 Å². The Morgan fingerprint density at radius 1 is 1.09 bits per heavy atom. The molecule has 5 nitrogen and oxygen atoms in total. The van der Waals surface area contributed by atoms with Crippen LogP contribution in [0.1, 0.15) is 24.5 Å². The summed E-state index contributed by atoms with van der Waals surface area (Å²) in [7, 11) is 1.76. The number of rotatable bonds is 7. The molecule has 122 valence electrons. The molecule has 1 aromatic carbocycles. The third-order valence-electron chi connectivity index (χ3n) is 3.27. The summed E-state index contributed by atoms with van der Waals surface area (Å²) < 4.78 is 5.67. The van der Waals surface area contributed by atoms with Crippen LogP contribution < -0.4 is 15.4 Å². The highest BCUT2D eigenvalue weighted by atomic mass is 16.5. The third-order valence-corrected chi connectivity index (χ3v) is 3.27. The zero-order valence-electron chi connectivity index (χ0n) is 13.7. The summed E-state index contributed by atoms with van der Waals surface area (Å²) >= 11 is 0. The number of guanidine groups is 1. The number of nitrogens with one attached hydrogen (secondary N) is 2. The molecule has 0 aliphatic rings. The lowest BCUT2D eigenvalue weighted by molar-refractivity contribution is 0.301. The van der Waals surface area contributed by atoms with Crippen LogP contribution >= 0.6 is 0 Å². The SMILES string of the molecule is CCCOc1ncccc1CNC(=NC)NCc1ccccc1. The molecule has 0 fully saturated rings. The Balaban J connectivity index is 1.88. The van der Waals surface area contributed by atoms with E-state index in [1.165, 1.54) is 5.56 Å². The average Bonchev–Trinajstić information content (AvgIpc) is 2.61. The van der Waals surface area contributed by atoms with Gasteiger partial charge in [0.2, 0.25) is 5.88 Å². The molecular weight excluding hydrogens is 288 g/mol. The van der Waals surface area contributed by atoms with Crippen LogP contribution in [0.15, 0.2) is 53.7 Å². The van der Waals surface area contributed by atoms with Crippen molar-refractivity contribution in [2.24, 2.45) is 4.99 Å². The normalized spacial score (nSPS) is 11.1. The lowest BCUT2D eigenvalue weighted by Gasteiger charge is -2.14. The van der Waals surface area contributed by atoms with Crippen LogP contribution in [0.5, 0.6) is 5.88 Å². The molecule has 2 rings (SSSR count). The van der Waals surface area contributed by atoms with Gasteiger partial charge in [0.05, 0.1) is 6.61 Å². The van der Waals surface area contributed by atoms with Crippen molar-refractivity contribution in [3.05, 3.63) is 59.8 Å². The van der Waals surface area contributed by atoms with Gasteiger partial charge in [0.15, 0.2) is 5.96 Å². The monoisotopic (exact) mass is 312 g/mol. The minimum absolute atomic E-state index is 0.612. The average molecular weight is 312 g/mol. The molecule has 0 unspecified atom stereocenters. The summed E-state index contributed by atoms with van der Waals surface area (Å²) in [6.07, 6.45) is 2.71. The van der Waals surface area contributed by atoms with Crippen molar-refractivity contribution < 1.29 is 4.74 Å². The Morgan fingerprint density at radius 3 is 2.61 bits per heavy atom. The van der Waals surface area contributed by atoms with Gasteiger partial charge in [0.1, 0.15) is 0 Å². The highest BCUT2D eigenvalue weighted by Gasteiger charge is 2.05. The summed E-state index contributed by atoms with van der Waals surface area (Å²) in [6, 6.07) is 14.2. The van der Waals surface area contributed by atoms with E-state index in [0.717, 1.165) is 24.5 Å². The van der Waals surface area contributed by atoms with Crippen LogP contribution in [0.2, 0.25) is 0 Å². The number of pyridine rings is 1. The zero-order chi connectivity index (χ0) is 16.3. The number of aromatic nitrogens is 1. The first-order chi connectivity index (χ1) is 11.3. The number of aliphatic imine (C=N–C) groups is 1. The molecule has 1 heterocycles. The lowest BCUT2D eigenvalue weighted by Crippen LogP contribution is -2.36. The van der Waals surface area contributed by atoms with Crippen LogP contribution in [0, 0.1) is 0 Å². The molecule has 5 heteroatoms. The zero-order valence-corrected chi connectivity index (χ0v) is 13.7. The van der Waals surface area contributed by atoms with Crippen molar-refractivity contribution in [3.63, 3.8) is 0 Å². The maximum atomic E-state index is 5.67. The van der Waals surface area contributed by atoms with E-state index < -0.39 is 0 Å². The van der Waals surface area contributed by atoms with Gasteiger partial charge >= 0.3 is 0 Å². The molecule has 2 N–H and O–H groups in total. The molecule has 0 atom stereocenters. The Bertz CT molecular complexity index is 613. The summed E-state index contributed by atoms with van der Waals surface area (Å²) in [6.45, 7) is 4.09. The topological polar surface area (TPSA) is 58.5 Å². The predicted octanol–water partition coefficient (Wildman–Crippen LogP) is 2.74. The second-order valence-corrected chi connectivity index (χ2v) is 5.08. The molecule has 0 saturated carbocycles. The standard InChI is InChI=1S/C18H24N4O/c1-3-12-23-17-16(10-7-11-20-17)14-22-18(19-2)21-13-15-8-5-4-6-9-15/h4-11H,3,12-14H2,1-2H3,(H2,19,21,22). The van der Waals surface area contributed by atoms with Crippen molar-refractivity contribution in [1.82, 2.24) is 15.6 Å². The van der Waals surface area contributed by atoms with Gasteiger partial charge < -0.3 is 15.4 Å². The number of ether oxygens (including phenoxy) is 1. The first-order valence-electron chi connectivity index (χ1n) is 7.88. The summed E-state index contributed by atoms with van der Waals surface area (Å²) in [5, 5.41) is 6.59. The van der Waals surface area contributed by atoms with Gasteiger partial charge in [0.25, 0.3) is 0 Å². The molecule has 2 aromatic rings. The van der Waals surface area contributed by atoms with Crippen LogP contribution in [-0.4, -0.2) is 24.6 Å². The molecule has 1 aromatic heterocycles. The minimum Gasteiger partial charge on any atom is -0.477 e. The van der Waals surface area contributed by atoms with Gasteiger partial charge in [-0.25, -0.2) is 4.98 Å². The first-order valence-corrected chi connectivity index (χ1v) is 7.88. The fourth-order valence-electron chi connectivity index (χ4n) is 2.07. The van der Waals surface area contributed by atoms with Gasteiger partial charge in [-0.15, -0.1) is 0 Å². The van der Waals surface area contributed by atoms with Gasteiger partial charge in [-0.2, -0.15) is 0 Å². The largest absolute Gasteiger partial charge is 0.477 e. The highest BCUT2D eigenvalue weighted by molar-refractivity contribution is 5.79. The summed E-state index contributed by atoms with van der Waals surface area (Å²) in [5.74, 6) is 1.43. The molecule has 0 amide bonds. The van der Waals surface area contributed by atoms with E-state index >= 15 is 0 Å². The third kappa shape index (κ3) is 5.62. The molecule has 23 heavy (non-hydrogen) atoms. The second-order valence-electron chi connectivity index (χ2n) is 5.08. The molecule has 0 radical (unpaired) electrons. The Hall–Kier alpha value is -2.56. The maximum absolute atomic E-state index is 5.67. The summed E-state index contributed by atoms with van der Waals surface area (Å²) in [4.78, 5) is 8.53. The smallest absolute Gasteiger partial charge is 0.218 e. The predicted molar refractivity (Wildman–Crippen MR) is 93.5 cm³/mol. The second kappa shape index (κ2) is 9.46. The minimum atomic E-state index is 0.612. The Morgan fingerprint density at radius 2 is 1.87 bits per heavy atom. The Kier molecular flexibility index (Phi) is 6.91. The number of hydrogen-bond donors (Lipinski definition) is 2. The first kappa shape index (κ1) is 16.8. The van der Waals surface area contributed by atoms with Crippen LogP contribution in [0.4, 0.5) is 0 Å². The van der Waals surface area contributed by atoms with E-state index in [-0.39, 0.29) is 0 Å². The van der Waals surface area contributed by atoms with Crippen molar-refractivity contribution in [2.75, 3.05) is 13.7 Å². The molecule has 0 aliphatic heterocycles. The van der Waals surface area contributed by atoms with Crippen LogP contribution in [0.25, 0.3) is 0 Å². The van der Waals surface area contributed by atoms with Gasteiger partial charge in [-0.3, -0.25) is 4.99 Å². The van der Waals surface area contributed by atoms with Gasteiger partial charge in [0, 0.05) is 31.9 Å². The number of hydrogen-bond acceptors (Lipinski definition) is 3. The van der Waals surface area contributed by atoms with Crippen molar-refractivity contribution in [1.29, 1.82) is 0 Å². The molecule has 0 bridgehead atoms. The number of nitrogens with zero attached hydrogens (tertiary/aromatic N) is 2. The van der Waals surface area contributed by atoms with Crippen LogP contribution in [-0.2, 0) is 13.1 Å². The van der Waals surface area contributed by atoms with Gasteiger partial charge in [-0.05, 0) is 18.1 Å². The van der Waals surface area contributed by atoms with Crippen LogP contribution in [0.3, 0.4) is 0 Å². The van der Waals surface area contributed by atoms with E-state index in [9.17, 15) is 0 Å². The fraction of sp³-hybridized carbons (Fsp3) is 0.333. The quantitative estimate of drug-likeness (QED) is 0.610.